The first-order chi connectivity index (χ1) is 36.9. The van der Waals surface area contributed by atoms with Crippen LogP contribution in [-0.2, 0) is 5.41 Å². The molecule has 0 aliphatic carbocycles. The molecule has 0 amide bonds. The highest BCUT2D eigenvalue weighted by atomic mass is 15.2. The van der Waals surface area contributed by atoms with Gasteiger partial charge >= 0.3 is 0 Å². The molecule has 5 heteroatoms. The van der Waals surface area contributed by atoms with E-state index in [2.05, 4.69) is 289 Å². The Hall–Kier alpha value is -9.32. The molecule has 15 rings (SSSR count). The van der Waals surface area contributed by atoms with Crippen molar-refractivity contribution in [3.05, 3.63) is 254 Å². The van der Waals surface area contributed by atoms with E-state index in [0.29, 0.717) is 0 Å². The average Bonchev–Trinajstić information content (AvgIpc) is 4.01. The first-order valence-electron chi connectivity index (χ1n) is 26.2. The van der Waals surface area contributed by atoms with Crippen LogP contribution >= 0.6 is 0 Å². The molecule has 13 aromatic rings. The predicted molar refractivity (Wildman–Crippen MR) is 319 cm³/mol. The number of rotatable bonds is 6. The average molecular weight is 959 g/mol. The van der Waals surface area contributed by atoms with Crippen LogP contribution in [-0.4, -0.2) is 15.8 Å². The number of fused-ring (bicyclic) bond motifs is 10. The van der Waals surface area contributed by atoms with Crippen molar-refractivity contribution in [2.75, 3.05) is 10.2 Å². The molecule has 2 aromatic heterocycles. The zero-order chi connectivity index (χ0) is 49.9. The smallest absolute Gasteiger partial charge is 0.252 e. The minimum absolute atomic E-state index is 0.139. The van der Waals surface area contributed by atoms with Crippen LogP contribution in [0.1, 0.15) is 26.3 Å². The second kappa shape index (κ2) is 16.6. The van der Waals surface area contributed by atoms with Crippen LogP contribution in [0.4, 0.5) is 28.4 Å². The topological polar surface area (TPSA) is 25.1 Å². The van der Waals surface area contributed by atoms with Crippen molar-refractivity contribution >= 4 is 95.1 Å². The van der Waals surface area contributed by atoms with Gasteiger partial charge in [-0.25, -0.2) is 0 Å². The van der Waals surface area contributed by atoms with Crippen molar-refractivity contribution in [3.8, 4) is 44.8 Å². The summed E-state index contributed by atoms with van der Waals surface area (Å²) in [5.41, 5.74) is 24.7. The van der Waals surface area contributed by atoms with Gasteiger partial charge in [0.25, 0.3) is 6.71 Å². The zero-order valence-corrected chi connectivity index (χ0v) is 42.1. The van der Waals surface area contributed by atoms with Crippen molar-refractivity contribution in [1.82, 2.24) is 9.13 Å². The van der Waals surface area contributed by atoms with Crippen LogP contribution < -0.4 is 26.6 Å². The summed E-state index contributed by atoms with van der Waals surface area (Å²) >= 11 is 0. The molecular formula is C70H51BN4. The van der Waals surface area contributed by atoms with E-state index in [1.54, 1.807) is 0 Å². The zero-order valence-electron chi connectivity index (χ0n) is 42.1. The molecule has 1 N–H and O–H groups in total. The molecule has 2 aliphatic rings. The maximum atomic E-state index is 4.19. The number of hydrogen-bond donors (Lipinski definition) is 1. The van der Waals surface area contributed by atoms with E-state index in [0.717, 1.165) is 34.1 Å². The third kappa shape index (κ3) is 6.64. The summed E-state index contributed by atoms with van der Waals surface area (Å²) < 4.78 is 5.01. The first-order valence-corrected chi connectivity index (χ1v) is 26.2. The molecule has 2 aliphatic heterocycles. The molecule has 0 unspecified atom stereocenters. The lowest BCUT2D eigenvalue weighted by atomic mass is 9.33. The van der Waals surface area contributed by atoms with Crippen molar-refractivity contribution in [2.45, 2.75) is 26.2 Å². The van der Waals surface area contributed by atoms with Crippen LogP contribution in [0, 0.1) is 0 Å². The van der Waals surface area contributed by atoms with Crippen molar-refractivity contribution in [1.29, 1.82) is 0 Å². The number of nitrogens with zero attached hydrogens (tertiary/aromatic N) is 3. The van der Waals surface area contributed by atoms with Gasteiger partial charge in [-0.3, -0.25) is 0 Å². The Labute approximate surface area is 437 Å². The highest BCUT2D eigenvalue weighted by molar-refractivity contribution is 7.00. The summed E-state index contributed by atoms with van der Waals surface area (Å²) in [4.78, 5) is 2.60. The van der Waals surface area contributed by atoms with E-state index in [1.807, 2.05) is 0 Å². The van der Waals surface area contributed by atoms with Gasteiger partial charge in [-0.2, -0.15) is 0 Å². The largest absolute Gasteiger partial charge is 0.356 e. The Morgan fingerprint density at radius 1 is 0.333 bits per heavy atom. The summed E-state index contributed by atoms with van der Waals surface area (Å²) in [7, 11) is 0. The normalized spacial score (nSPS) is 12.8. The van der Waals surface area contributed by atoms with Crippen LogP contribution in [0.3, 0.4) is 0 Å². The van der Waals surface area contributed by atoms with Gasteiger partial charge in [0.15, 0.2) is 0 Å². The number of hydrogen-bond acceptors (Lipinski definition) is 2. The molecule has 0 saturated heterocycles. The van der Waals surface area contributed by atoms with E-state index >= 15 is 0 Å². The van der Waals surface area contributed by atoms with Crippen molar-refractivity contribution < 1.29 is 0 Å². The Morgan fingerprint density at radius 2 is 0.760 bits per heavy atom. The summed E-state index contributed by atoms with van der Waals surface area (Å²) in [6.45, 7) is 6.88. The summed E-state index contributed by atoms with van der Waals surface area (Å²) in [5.74, 6) is 0. The minimum Gasteiger partial charge on any atom is -0.356 e. The number of aromatic nitrogens is 2. The van der Waals surface area contributed by atoms with Gasteiger partial charge in [0.1, 0.15) is 0 Å². The fraction of sp³-hybridized carbons (Fsp3) is 0.0571. The molecule has 0 atom stereocenters. The second-order valence-corrected chi connectivity index (χ2v) is 21.3. The van der Waals surface area contributed by atoms with Crippen molar-refractivity contribution in [2.24, 2.45) is 0 Å². The molecule has 0 bridgehead atoms. The second-order valence-electron chi connectivity index (χ2n) is 21.3. The van der Waals surface area contributed by atoms with Gasteiger partial charge in [0, 0.05) is 61.0 Å². The number of anilines is 5. The third-order valence-corrected chi connectivity index (χ3v) is 16.0. The van der Waals surface area contributed by atoms with Crippen LogP contribution in [0.25, 0.3) is 88.4 Å². The lowest BCUT2D eigenvalue weighted by Gasteiger charge is -2.43. The number of benzene rings is 11. The maximum absolute atomic E-state index is 4.19. The molecule has 75 heavy (non-hydrogen) atoms. The lowest BCUT2D eigenvalue weighted by molar-refractivity contribution is 0.591. The number of nitrogens with one attached hydrogen (secondary N) is 1. The highest BCUT2D eigenvalue weighted by Crippen LogP contribution is 2.49. The molecule has 354 valence electrons. The Kier molecular flexibility index (Phi) is 9.58. The fourth-order valence-corrected chi connectivity index (χ4v) is 12.6. The van der Waals surface area contributed by atoms with Gasteiger partial charge in [-0.05, 0) is 98.7 Å². The quantitative estimate of drug-likeness (QED) is 0.168. The molecule has 0 saturated carbocycles. The molecule has 0 radical (unpaired) electrons. The van der Waals surface area contributed by atoms with Gasteiger partial charge in [-0.1, -0.05) is 215 Å². The molecule has 0 fully saturated rings. The van der Waals surface area contributed by atoms with E-state index in [4.69, 9.17) is 0 Å². The standard InChI is InChI=1S/C70H51BN4/c1-70(2,3)48-39-59-69-68(40-48)75(60-34-18-13-29-49(60)45-23-7-4-8-24-45)67-44-66(74-63-37-21-16-32-52(63)53-33-17-22-38-64(53)74)55(47-27-11-6-12-28-47)42-57(67)71(69)56-41-54(46-25-9-5-10-26-46)65(43-58(56)72-59)73-61-35-19-14-30-50(61)51-31-15-20-36-62(51)73/h4-44,72H,1-3H3. The minimum atomic E-state index is -0.162. The molecule has 4 heterocycles. The molecule has 11 aromatic carbocycles. The van der Waals surface area contributed by atoms with E-state index < -0.39 is 0 Å². The Morgan fingerprint density at radius 3 is 1.27 bits per heavy atom. The fourth-order valence-electron chi connectivity index (χ4n) is 12.6. The Bertz CT molecular complexity index is 4320. The van der Waals surface area contributed by atoms with E-state index in [1.165, 1.54) is 105 Å². The summed E-state index contributed by atoms with van der Waals surface area (Å²) in [5, 5.41) is 9.15. The summed E-state index contributed by atoms with van der Waals surface area (Å²) in [6, 6.07) is 92.4. The van der Waals surface area contributed by atoms with Gasteiger partial charge in [-0.15, -0.1) is 0 Å². The van der Waals surface area contributed by atoms with Crippen LogP contribution in [0.2, 0.25) is 0 Å². The van der Waals surface area contributed by atoms with Gasteiger partial charge < -0.3 is 19.4 Å². The number of para-hydroxylation sites is 5. The van der Waals surface area contributed by atoms with Crippen molar-refractivity contribution in [3.63, 3.8) is 0 Å². The van der Waals surface area contributed by atoms with E-state index in [9.17, 15) is 0 Å². The van der Waals surface area contributed by atoms with Crippen LogP contribution in [0.5, 0.6) is 0 Å². The summed E-state index contributed by atoms with van der Waals surface area (Å²) in [6.07, 6.45) is 0. The SMILES string of the molecule is CC(C)(C)c1cc2c3c(c1)N(c1ccccc1-c1ccccc1)c1cc(-n4c5ccccc5c5ccccc54)c(-c4ccccc4)cc1B3c1cc(-c3ccccc3)c(-n3c4ccccc4c4ccccc43)cc1N2. The third-order valence-electron chi connectivity index (χ3n) is 16.0. The maximum Gasteiger partial charge on any atom is 0.252 e. The van der Waals surface area contributed by atoms with Gasteiger partial charge in [0.2, 0.25) is 0 Å². The first kappa shape index (κ1) is 43.3. The Balaban J connectivity index is 1.10. The molecule has 0 spiro atoms. The molecule has 4 nitrogen and oxygen atoms in total. The monoisotopic (exact) mass is 958 g/mol. The predicted octanol–water partition coefficient (Wildman–Crippen LogP) is 16.5. The highest BCUT2D eigenvalue weighted by Gasteiger charge is 2.43. The van der Waals surface area contributed by atoms with Crippen LogP contribution in [0.15, 0.2) is 249 Å². The molecular weight excluding hydrogens is 908 g/mol. The van der Waals surface area contributed by atoms with E-state index in [-0.39, 0.29) is 12.1 Å². The van der Waals surface area contributed by atoms with Gasteiger partial charge in [0.05, 0.1) is 39.1 Å². The lowest BCUT2D eigenvalue weighted by Crippen LogP contribution is -2.60.